The van der Waals surface area contributed by atoms with Gasteiger partial charge in [-0.2, -0.15) is 0 Å². The first-order valence-electron chi connectivity index (χ1n) is 19.0. The van der Waals surface area contributed by atoms with Gasteiger partial charge in [-0.15, -0.1) is 0 Å². The fourth-order valence-corrected chi connectivity index (χ4v) is 7.13. The van der Waals surface area contributed by atoms with E-state index < -0.39 is 17.5 Å². The Morgan fingerprint density at radius 1 is 0.778 bits per heavy atom. The van der Waals surface area contributed by atoms with Crippen molar-refractivity contribution in [3.05, 3.63) is 0 Å². The van der Waals surface area contributed by atoms with Gasteiger partial charge >= 0.3 is 17.9 Å². The number of nitrogens with one attached hydrogen (secondary N) is 1. The van der Waals surface area contributed by atoms with E-state index in [1.807, 2.05) is 0 Å². The van der Waals surface area contributed by atoms with Gasteiger partial charge in [-0.3, -0.25) is 14.4 Å². The maximum absolute atomic E-state index is 13.3. The number of hydrogen-bond acceptors (Lipinski definition) is 6. The van der Waals surface area contributed by atoms with Crippen molar-refractivity contribution in [2.45, 2.75) is 194 Å². The maximum Gasteiger partial charge on any atom is 0.323 e. The van der Waals surface area contributed by atoms with Gasteiger partial charge in [0.25, 0.3) is 0 Å². The average molecular weight is 638 g/mol. The van der Waals surface area contributed by atoms with Gasteiger partial charge in [0.2, 0.25) is 0 Å². The van der Waals surface area contributed by atoms with Crippen molar-refractivity contribution < 1.29 is 29.0 Å². The van der Waals surface area contributed by atoms with E-state index in [1.165, 1.54) is 51.4 Å². The van der Waals surface area contributed by atoms with Gasteiger partial charge in [-0.25, -0.2) is 0 Å². The molecule has 7 nitrogen and oxygen atoms in total. The van der Waals surface area contributed by atoms with E-state index in [0.29, 0.717) is 37.5 Å². The normalized spacial score (nSPS) is 18.2. The minimum Gasteiger partial charge on any atom is -0.481 e. The Morgan fingerprint density at radius 2 is 1.31 bits per heavy atom. The quantitative estimate of drug-likeness (QED) is 0.0622. The van der Waals surface area contributed by atoms with Crippen molar-refractivity contribution in [3.8, 4) is 0 Å². The van der Waals surface area contributed by atoms with E-state index in [4.69, 9.17) is 9.47 Å². The topological polar surface area (TPSA) is 102 Å². The van der Waals surface area contributed by atoms with Crippen LogP contribution >= 0.6 is 0 Å². The summed E-state index contributed by atoms with van der Waals surface area (Å²) < 4.78 is 10.9. The van der Waals surface area contributed by atoms with Crippen LogP contribution in [0.2, 0.25) is 0 Å². The lowest BCUT2D eigenvalue weighted by Gasteiger charge is -2.37. The molecular weight excluding hydrogens is 566 g/mol. The van der Waals surface area contributed by atoms with Crippen LogP contribution in [-0.2, 0) is 23.9 Å². The van der Waals surface area contributed by atoms with Gasteiger partial charge in [0.05, 0.1) is 5.41 Å². The molecular formula is C38H71NO6. The molecule has 0 aromatic carbocycles. The summed E-state index contributed by atoms with van der Waals surface area (Å²) in [5.41, 5.74) is -0.816. The van der Waals surface area contributed by atoms with E-state index in [0.717, 1.165) is 70.8 Å². The van der Waals surface area contributed by atoms with E-state index in [-0.39, 0.29) is 31.0 Å². The third kappa shape index (κ3) is 18.3. The van der Waals surface area contributed by atoms with Crippen LogP contribution in [0.15, 0.2) is 0 Å². The Morgan fingerprint density at radius 3 is 1.78 bits per heavy atom. The Labute approximate surface area is 276 Å². The summed E-state index contributed by atoms with van der Waals surface area (Å²) >= 11 is 0. The highest BCUT2D eigenvalue weighted by molar-refractivity contribution is 5.76. The highest BCUT2D eigenvalue weighted by atomic mass is 16.6. The molecule has 0 amide bonds. The zero-order valence-electron chi connectivity index (χ0n) is 30.0. The summed E-state index contributed by atoms with van der Waals surface area (Å²) in [7, 11) is 0. The Kier molecular flexibility index (Phi) is 23.4. The number of ether oxygens (including phenoxy) is 2. The lowest BCUT2D eigenvalue weighted by atomic mass is 9.67. The van der Waals surface area contributed by atoms with Crippen LogP contribution in [0.3, 0.4) is 0 Å². The number of carboxylic acid groups (broad SMARTS) is 1. The molecule has 1 fully saturated rings. The van der Waals surface area contributed by atoms with Crippen molar-refractivity contribution in [1.29, 1.82) is 0 Å². The number of hydrogen-bond donors (Lipinski definition) is 2. The molecule has 45 heavy (non-hydrogen) atoms. The molecule has 0 aliphatic carbocycles. The molecule has 1 aliphatic heterocycles. The summed E-state index contributed by atoms with van der Waals surface area (Å²) in [5.74, 6) is -0.507. The first kappa shape index (κ1) is 41.4. The van der Waals surface area contributed by atoms with Crippen LogP contribution in [0.5, 0.6) is 0 Å². The number of carboxylic acids is 1. The number of unbranched alkanes of at least 4 members (excludes halogenated alkanes) is 8. The molecule has 1 rings (SSSR count). The molecule has 1 heterocycles. The second-order valence-corrected chi connectivity index (χ2v) is 14.1. The highest BCUT2D eigenvalue weighted by Crippen LogP contribution is 2.44. The predicted molar refractivity (Wildman–Crippen MR) is 184 cm³/mol. The zero-order valence-corrected chi connectivity index (χ0v) is 30.0. The lowest BCUT2D eigenvalue weighted by molar-refractivity contribution is -0.159. The van der Waals surface area contributed by atoms with Crippen LogP contribution in [0, 0.1) is 17.3 Å². The minimum absolute atomic E-state index is 0.0229. The molecule has 2 N–H and O–H groups in total. The fourth-order valence-electron chi connectivity index (χ4n) is 7.13. The highest BCUT2D eigenvalue weighted by Gasteiger charge is 2.41. The summed E-state index contributed by atoms with van der Waals surface area (Å²) in [5, 5.41) is 14.1. The summed E-state index contributed by atoms with van der Waals surface area (Å²) in [4.78, 5) is 38.4. The van der Waals surface area contributed by atoms with Crippen LogP contribution in [-0.4, -0.2) is 48.3 Å². The van der Waals surface area contributed by atoms with Gasteiger partial charge in [0.15, 0.2) is 0 Å². The standard InChI is InChI=1S/C38H71NO6/c1-6-10-14-16-22-32(20-12-8-3)28-38(37(42)43,29-33(21-13-9-4)23-17-15-11-7-2)26-18-25-35(40)44-30-31(5)45-36(41)34-24-19-27-39-34/h31-34,39H,6-30H2,1-5H3,(H,42,43). The molecule has 0 spiro atoms. The number of esters is 2. The van der Waals surface area contributed by atoms with Gasteiger partial charge in [0.1, 0.15) is 18.8 Å². The number of carbonyl (C=O) groups is 3. The average Bonchev–Trinajstić information content (AvgIpc) is 3.57. The molecule has 1 saturated heterocycles. The summed E-state index contributed by atoms with van der Waals surface area (Å²) in [6.07, 6.45) is 22.3. The van der Waals surface area contributed by atoms with Gasteiger partial charge < -0.3 is 19.9 Å². The van der Waals surface area contributed by atoms with Crippen LogP contribution in [0.25, 0.3) is 0 Å². The summed E-state index contributed by atoms with van der Waals surface area (Å²) in [6, 6.07) is -0.270. The van der Waals surface area contributed by atoms with E-state index in [2.05, 4.69) is 33.0 Å². The molecule has 4 atom stereocenters. The number of carbonyl (C=O) groups excluding carboxylic acids is 2. The molecule has 1 aliphatic rings. The second kappa shape index (κ2) is 25.5. The SMILES string of the molecule is CCCCCCC(CCCC)CC(CCCC(=O)OCC(C)OC(=O)C1CCCN1)(CC(CCCC)CCCCCC)C(=O)O. The molecule has 0 saturated carbocycles. The number of aliphatic carboxylic acids is 1. The Balaban J connectivity index is 2.96. The van der Waals surface area contributed by atoms with Crippen molar-refractivity contribution in [1.82, 2.24) is 5.32 Å². The third-order valence-corrected chi connectivity index (χ3v) is 9.85. The van der Waals surface area contributed by atoms with Gasteiger partial charge in [-0.1, -0.05) is 130 Å². The van der Waals surface area contributed by atoms with Crippen molar-refractivity contribution in [2.24, 2.45) is 17.3 Å². The van der Waals surface area contributed by atoms with Crippen molar-refractivity contribution >= 4 is 17.9 Å². The Bertz CT molecular complexity index is 754. The third-order valence-electron chi connectivity index (χ3n) is 9.85. The number of rotatable bonds is 29. The van der Waals surface area contributed by atoms with E-state index in [1.54, 1.807) is 6.92 Å². The predicted octanol–water partition coefficient (Wildman–Crippen LogP) is 9.79. The molecule has 0 radical (unpaired) electrons. The Hall–Kier alpha value is -1.63. The molecule has 264 valence electrons. The van der Waals surface area contributed by atoms with Crippen molar-refractivity contribution in [2.75, 3.05) is 13.2 Å². The monoisotopic (exact) mass is 638 g/mol. The van der Waals surface area contributed by atoms with Crippen molar-refractivity contribution in [3.63, 3.8) is 0 Å². The molecule has 0 bridgehead atoms. The molecule has 4 unspecified atom stereocenters. The van der Waals surface area contributed by atoms with E-state index >= 15 is 0 Å². The first-order chi connectivity index (χ1) is 21.7. The van der Waals surface area contributed by atoms with Crippen LogP contribution in [0.1, 0.15) is 182 Å². The molecule has 0 aromatic rings. The van der Waals surface area contributed by atoms with Gasteiger partial charge in [0, 0.05) is 6.42 Å². The maximum atomic E-state index is 13.3. The lowest BCUT2D eigenvalue weighted by Crippen LogP contribution is -2.36. The van der Waals surface area contributed by atoms with E-state index in [9.17, 15) is 19.5 Å². The second-order valence-electron chi connectivity index (χ2n) is 14.1. The van der Waals surface area contributed by atoms with Crippen LogP contribution in [0.4, 0.5) is 0 Å². The largest absolute Gasteiger partial charge is 0.481 e. The fraction of sp³-hybridized carbons (Fsp3) is 0.921. The molecule has 0 aromatic heterocycles. The van der Waals surface area contributed by atoms with Crippen LogP contribution < -0.4 is 5.32 Å². The summed E-state index contributed by atoms with van der Waals surface area (Å²) in [6.45, 7) is 11.5. The minimum atomic E-state index is -0.816. The zero-order chi connectivity index (χ0) is 33.3. The smallest absolute Gasteiger partial charge is 0.323 e. The van der Waals surface area contributed by atoms with Gasteiger partial charge in [-0.05, 0) is 63.8 Å². The molecule has 7 heteroatoms. The first-order valence-corrected chi connectivity index (χ1v) is 19.0.